The van der Waals surface area contributed by atoms with E-state index in [-0.39, 0.29) is 23.5 Å². The van der Waals surface area contributed by atoms with Crippen molar-refractivity contribution in [3.8, 4) is 0 Å². The maximum Gasteiger partial charge on any atom is 0.312 e. The normalized spacial score (nSPS) is 12.1. The number of amides is 1. The zero-order valence-electron chi connectivity index (χ0n) is 18.5. The maximum atomic E-state index is 13.6. The van der Waals surface area contributed by atoms with E-state index in [1.807, 2.05) is 25.1 Å². The summed E-state index contributed by atoms with van der Waals surface area (Å²) in [6, 6.07) is 13.2. The Morgan fingerprint density at radius 3 is 2.47 bits per heavy atom. The Labute approximate surface area is 185 Å². The molecule has 168 valence electrons. The van der Waals surface area contributed by atoms with Gasteiger partial charge in [-0.05, 0) is 63.3 Å². The summed E-state index contributed by atoms with van der Waals surface area (Å²) >= 11 is 0. The second-order valence-corrected chi connectivity index (χ2v) is 7.88. The van der Waals surface area contributed by atoms with Gasteiger partial charge in [-0.2, -0.15) is 5.10 Å². The molecule has 32 heavy (non-hydrogen) atoms. The van der Waals surface area contributed by atoms with Crippen LogP contribution in [0.2, 0.25) is 0 Å². The molecule has 0 aliphatic rings. The number of hydrogen-bond acceptors (Lipinski definition) is 5. The van der Waals surface area contributed by atoms with E-state index in [1.165, 1.54) is 12.1 Å². The van der Waals surface area contributed by atoms with Gasteiger partial charge in [-0.15, -0.1) is 0 Å². The summed E-state index contributed by atoms with van der Waals surface area (Å²) in [5.41, 5.74) is 3.02. The first-order valence-corrected chi connectivity index (χ1v) is 10.1. The lowest BCUT2D eigenvalue weighted by Gasteiger charge is -2.25. The number of carbonyl (C=O) groups excluding carboxylic acids is 1. The van der Waals surface area contributed by atoms with Gasteiger partial charge in [0.05, 0.1) is 17.5 Å². The van der Waals surface area contributed by atoms with Crippen molar-refractivity contribution in [2.24, 2.45) is 0 Å². The third-order valence-electron chi connectivity index (χ3n) is 5.39. The van der Waals surface area contributed by atoms with Crippen molar-refractivity contribution in [3.63, 3.8) is 0 Å². The maximum absolute atomic E-state index is 13.6. The Morgan fingerprint density at radius 1 is 1.22 bits per heavy atom. The van der Waals surface area contributed by atoms with E-state index >= 15 is 0 Å². The number of nitrogens with zero attached hydrogens (tertiary/aromatic N) is 4. The summed E-state index contributed by atoms with van der Waals surface area (Å²) in [6.45, 7) is 3.97. The van der Waals surface area contributed by atoms with Gasteiger partial charge in [0.2, 0.25) is 0 Å². The number of nitrogens with one attached hydrogen (secondary N) is 1. The van der Waals surface area contributed by atoms with Gasteiger partial charge >= 0.3 is 5.69 Å². The predicted molar refractivity (Wildman–Crippen MR) is 119 cm³/mol. The van der Waals surface area contributed by atoms with Crippen LogP contribution in [0.5, 0.6) is 0 Å². The molecule has 0 spiro atoms. The van der Waals surface area contributed by atoms with Crippen molar-refractivity contribution in [1.82, 2.24) is 20.0 Å². The summed E-state index contributed by atoms with van der Waals surface area (Å²) in [5, 5.41) is 18.3. The van der Waals surface area contributed by atoms with Crippen LogP contribution < -0.4 is 5.32 Å². The molecular weight excluding hydrogens is 413 g/mol. The molecule has 8 nitrogen and oxygen atoms in total. The van der Waals surface area contributed by atoms with Crippen LogP contribution in [-0.4, -0.2) is 46.2 Å². The van der Waals surface area contributed by atoms with E-state index in [4.69, 9.17) is 0 Å². The van der Waals surface area contributed by atoms with Crippen molar-refractivity contribution in [1.29, 1.82) is 0 Å². The summed E-state index contributed by atoms with van der Waals surface area (Å²) in [5.74, 6) is -0.550. The highest BCUT2D eigenvalue weighted by Gasteiger charge is 2.22. The van der Waals surface area contributed by atoms with Crippen molar-refractivity contribution in [2.45, 2.75) is 26.4 Å². The fourth-order valence-electron chi connectivity index (χ4n) is 3.64. The number of aryl methyl sites for hydroxylation is 1. The minimum Gasteiger partial charge on any atom is -0.350 e. The number of hydrogen-bond donors (Lipinski definition) is 1. The first-order valence-electron chi connectivity index (χ1n) is 10.1. The molecule has 1 atom stereocenters. The van der Waals surface area contributed by atoms with Gasteiger partial charge in [0.1, 0.15) is 17.2 Å². The van der Waals surface area contributed by atoms with Gasteiger partial charge in [0.25, 0.3) is 5.91 Å². The van der Waals surface area contributed by atoms with E-state index in [0.717, 1.165) is 11.1 Å². The molecule has 0 aliphatic heterocycles. The molecule has 9 heteroatoms. The number of likely N-dealkylation sites (N-methyl/N-ethyl adjacent to an activating group) is 1. The lowest BCUT2D eigenvalue weighted by Crippen LogP contribution is -2.34. The SMILES string of the molecule is Cc1nn(Cc2ccc(C(=O)NCC(c3cccc(F)c3)N(C)C)cc2)c(C)c1[N+](=O)[O-]. The molecule has 0 radical (unpaired) electrons. The van der Waals surface area contributed by atoms with Crippen LogP contribution in [-0.2, 0) is 6.54 Å². The van der Waals surface area contributed by atoms with Crippen LogP contribution in [0.1, 0.15) is 38.9 Å². The van der Waals surface area contributed by atoms with Gasteiger partial charge in [0.15, 0.2) is 0 Å². The second-order valence-electron chi connectivity index (χ2n) is 7.88. The Hall–Kier alpha value is -3.59. The van der Waals surface area contributed by atoms with E-state index in [0.29, 0.717) is 30.0 Å². The lowest BCUT2D eigenvalue weighted by molar-refractivity contribution is -0.386. The average Bonchev–Trinajstić information content (AvgIpc) is 3.01. The van der Waals surface area contributed by atoms with Gasteiger partial charge in [-0.25, -0.2) is 4.39 Å². The lowest BCUT2D eigenvalue weighted by atomic mass is 10.1. The number of rotatable bonds is 8. The van der Waals surface area contributed by atoms with Crippen LogP contribution in [0.3, 0.4) is 0 Å². The van der Waals surface area contributed by atoms with Gasteiger partial charge in [-0.1, -0.05) is 24.3 Å². The molecule has 0 aliphatic carbocycles. The first-order chi connectivity index (χ1) is 15.2. The fraction of sp³-hybridized carbons (Fsp3) is 0.304. The number of halogens is 1. The standard InChI is InChI=1S/C23H26FN5O3/c1-15-22(29(31)32)16(2)28(26-15)14-17-8-10-18(11-9-17)23(30)25-13-21(27(3)4)19-6-5-7-20(24)12-19/h5-12,21H,13-14H2,1-4H3,(H,25,30). The molecule has 0 saturated heterocycles. The predicted octanol–water partition coefficient (Wildman–Crippen LogP) is 3.63. The Morgan fingerprint density at radius 2 is 1.91 bits per heavy atom. The smallest absolute Gasteiger partial charge is 0.312 e. The summed E-state index contributed by atoms with van der Waals surface area (Å²) < 4.78 is 15.2. The molecule has 2 aromatic carbocycles. The highest BCUT2D eigenvalue weighted by Crippen LogP contribution is 2.23. The quantitative estimate of drug-likeness (QED) is 0.427. The molecule has 0 saturated carbocycles. The third kappa shape index (κ3) is 5.17. The van der Waals surface area contributed by atoms with Crippen LogP contribution in [0.4, 0.5) is 10.1 Å². The van der Waals surface area contributed by atoms with Crippen LogP contribution in [0.25, 0.3) is 0 Å². The molecule has 0 bridgehead atoms. The van der Waals surface area contributed by atoms with Crippen LogP contribution >= 0.6 is 0 Å². The fourth-order valence-corrected chi connectivity index (χ4v) is 3.64. The van der Waals surface area contributed by atoms with Crippen LogP contribution in [0, 0.1) is 29.8 Å². The zero-order valence-corrected chi connectivity index (χ0v) is 18.5. The minimum atomic E-state index is -0.424. The molecule has 3 rings (SSSR count). The topological polar surface area (TPSA) is 93.3 Å². The van der Waals surface area contributed by atoms with Gasteiger partial charge in [-0.3, -0.25) is 19.6 Å². The molecule has 3 aromatic rings. The molecule has 1 heterocycles. The van der Waals surface area contributed by atoms with Crippen molar-refractivity contribution >= 4 is 11.6 Å². The summed E-state index contributed by atoms with van der Waals surface area (Å²) in [7, 11) is 3.75. The van der Waals surface area contributed by atoms with Crippen molar-refractivity contribution in [3.05, 3.63) is 92.5 Å². The van der Waals surface area contributed by atoms with Gasteiger partial charge < -0.3 is 10.2 Å². The second kappa shape index (κ2) is 9.69. The number of benzene rings is 2. The Balaban J connectivity index is 1.66. The molecular formula is C23H26FN5O3. The number of aromatic nitrogens is 2. The monoisotopic (exact) mass is 439 g/mol. The van der Waals surface area contributed by atoms with Crippen molar-refractivity contribution < 1.29 is 14.1 Å². The number of carbonyl (C=O) groups is 1. The van der Waals surface area contributed by atoms with E-state index in [1.54, 1.807) is 48.9 Å². The summed E-state index contributed by atoms with van der Waals surface area (Å²) in [4.78, 5) is 25.3. The van der Waals surface area contributed by atoms with E-state index in [2.05, 4.69) is 10.4 Å². The van der Waals surface area contributed by atoms with E-state index < -0.39 is 4.92 Å². The first kappa shape index (κ1) is 23.1. The van der Waals surface area contributed by atoms with Crippen LogP contribution in [0.15, 0.2) is 48.5 Å². The minimum absolute atomic E-state index is 0.0229. The Kier molecular flexibility index (Phi) is 6.99. The molecule has 1 unspecified atom stereocenters. The van der Waals surface area contributed by atoms with Crippen molar-refractivity contribution in [2.75, 3.05) is 20.6 Å². The highest BCUT2D eigenvalue weighted by molar-refractivity contribution is 5.94. The third-order valence-corrected chi connectivity index (χ3v) is 5.39. The van der Waals surface area contributed by atoms with E-state index in [9.17, 15) is 19.3 Å². The molecule has 1 aromatic heterocycles. The number of nitro groups is 1. The zero-order chi connectivity index (χ0) is 23.4. The molecule has 0 fully saturated rings. The largest absolute Gasteiger partial charge is 0.350 e. The highest BCUT2D eigenvalue weighted by atomic mass is 19.1. The molecule has 1 N–H and O–H groups in total. The summed E-state index contributed by atoms with van der Waals surface area (Å²) in [6.07, 6.45) is 0. The average molecular weight is 439 g/mol. The van der Waals surface area contributed by atoms with Gasteiger partial charge in [0, 0.05) is 12.1 Å². The Bertz CT molecular complexity index is 1130. The molecule has 1 amide bonds.